The molecule has 140 valence electrons. The summed E-state index contributed by atoms with van der Waals surface area (Å²) < 4.78 is 5.90. The van der Waals surface area contributed by atoms with E-state index in [1.807, 2.05) is 12.1 Å². The molecule has 0 aliphatic carbocycles. The van der Waals surface area contributed by atoms with E-state index in [0.29, 0.717) is 30.8 Å². The molecule has 2 aliphatic rings. The lowest BCUT2D eigenvalue weighted by atomic mass is 9.79. The number of aliphatic hydroxyl groups excluding tert-OH is 2. The predicted octanol–water partition coefficient (Wildman–Crippen LogP) is 1.66. The van der Waals surface area contributed by atoms with Crippen LogP contribution in [-0.2, 0) is 0 Å². The molecular formula is C20H32N2O3. The summed E-state index contributed by atoms with van der Waals surface area (Å²) in [7, 11) is 2.14. The average Bonchev–Trinajstić information content (AvgIpc) is 3.11. The Labute approximate surface area is 151 Å². The van der Waals surface area contributed by atoms with E-state index in [0.717, 1.165) is 18.8 Å². The zero-order chi connectivity index (χ0) is 18.0. The fourth-order valence-corrected chi connectivity index (χ4v) is 4.57. The van der Waals surface area contributed by atoms with Crippen molar-refractivity contribution in [1.82, 2.24) is 10.2 Å². The first kappa shape index (κ1) is 18.6. The van der Waals surface area contributed by atoms with Gasteiger partial charge in [-0.05, 0) is 48.9 Å². The van der Waals surface area contributed by atoms with E-state index in [-0.39, 0.29) is 19.3 Å². The summed E-state index contributed by atoms with van der Waals surface area (Å²) in [6.07, 6.45) is 0.582. The molecule has 5 nitrogen and oxygen atoms in total. The standard InChI is InChI=1S/C20H32N2O3/c1-14(2)12-25-16-6-4-5-15(9-16)19-17-10-22(3)11-18(17)20(13-24,21-19)7-8-23/h4-6,9,14,17-19,21,23-24H,7-8,10-13H2,1-3H3/t17-,18+,19-,20+/m1/s1. The molecule has 1 aromatic carbocycles. The van der Waals surface area contributed by atoms with Gasteiger partial charge in [-0.3, -0.25) is 0 Å². The molecule has 2 saturated heterocycles. The number of rotatable bonds is 7. The molecule has 1 aromatic rings. The number of hydrogen-bond acceptors (Lipinski definition) is 5. The largest absolute Gasteiger partial charge is 0.493 e. The Morgan fingerprint density at radius 2 is 2.12 bits per heavy atom. The summed E-state index contributed by atoms with van der Waals surface area (Å²) in [5, 5.41) is 23.4. The monoisotopic (exact) mass is 348 g/mol. The molecule has 0 unspecified atom stereocenters. The van der Waals surface area contributed by atoms with Crippen LogP contribution in [0, 0.1) is 17.8 Å². The molecule has 0 radical (unpaired) electrons. The van der Waals surface area contributed by atoms with E-state index in [1.54, 1.807) is 0 Å². The van der Waals surface area contributed by atoms with Crippen LogP contribution < -0.4 is 10.1 Å². The van der Waals surface area contributed by atoms with Gasteiger partial charge in [0.1, 0.15) is 5.75 Å². The number of nitrogens with zero attached hydrogens (tertiary/aromatic N) is 1. The van der Waals surface area contributed by atoms with Gasteiger partial charge in [0.2, 0.25) is 0 Å². The molecule has 0 spiro atoms. The van der Waals surface area contributed by atoms with Crippen molar-refractivity contribution in [1.29, 1.82) is 0 Å². The molecule has 3 rings (SSSR count). The fraction of sp³-hybridized carbons (Fsp3) is 0.700. The summed E-state index contributed by atoms with van der Waals surface area (Å²) in [4.78, 5) is 2.34. The van der Waals surface area contributed by atoms with Crippen molar-refractivity contribution in [2.24, 2.45) is 17.8 Å². The van der Waals surface area contributed by atoms with Crippen molar-refractivity contribution in [3.05, 3.63) is 29.8 Å². The van der Waals surface area contributed by atoms with E-state index < -0.39 is 5.54 Å². The lowest BCUT2D eigenvalue weighted by molar-refractivity contribution is 0.0993. The third-order valence-electron chi connectivity index (χ3n) is 5.77. The number of ether oxygens (including phenoxy) is 1. The highest BCUT2D eigenvalue weighted by Gasteiger charge is 2.55. The first-order chi connectivity index (χ1) is 12.0. The summed E-state index contributed by atoms with van der Waals surface area (Å²) in [6.45, 7) is 7.11. The minimum atomic E-state index is -0.399. The van der Waals surface area contributed by atoms with Gasteiger partial charge in [0.15, 0.2) is 0 Å². The fourth-order valence-electron chi connectivity index (χ4n) is 4.57. The number of benzene rings is 1. The Hall–Kier alpha value is -1.14. The van der Waals surface area contributed by atoms with Crippen molar-refractivity contribution < 1.29 is 14.9 Å². The highest BCUT2D eigenvalue weighted by atomic mass is 16.5. The van der Waals surface area contributed by atoms with Crippen molar-refractivity contribution in [2.75, 3.05) is 40.0 Å². The van der Waals surface area contributed by atoms with E-state index in [9.17, 15) is 10.2 Å². The molecule has 2 fully saturated rings. The van der Waals surface area contributed by atoms with Gasteiger partial charge >= 0.3 is 0 Å². The number of likely N-dealkylation sites (tertiary alicyclic amines) is 1. The lowest BCUT2D eigenvalue weighted by Gasteiger charge is -2.33. The number of aliphatic hydroxyl groups is 2. The first-order valence-corrected chi connectivity index (χ1v) is 9.40. The second kappa shape index (κ2) is 7.62. The third-order valence-corrected chi connectivity index (χ3v) is 5.77. The van der Waals surface area contributed by atoms with Gasteiger partial charge in [-0.2, -0.15) is 0 Å². The maximum absolute atomic E-state index is 10.1. The van der Waals surface area contributed by atoms with Crippen LogP contribution in [0.2, 0.25) is 0 Å². The van der Waals surface area contributed by atoms with Crippen LogP contribution in [-0.4, -0.2) is 60.6 Å². The van der Waals surface area contributed by atoms with E-state index in [2.05, 4.69) is 43.2 Å². The molecule has 3 N–H and O–H groups in total. The normalized spacial score (nSPS) is 32.3. The summed E-state index contributed by atoms with van der Waals surface area (Å²) in [6, 6.07) is 8.50. The molecule has 0 amide bonds. The number of hydrogen-bond donors (Lipinski definition) is 3. The quantitative estimate of drug-likeness (QED) is 0.699. The van der Waals surface area contributed by atoms with Crippen LogP contribution in [0.5, 0.6) is 5.75 Å². The van der Waals surface area contributed by atoms with Crippen LogP contribution in [0.1, 0.15) is 31.9 Å². The number of fused-ring (bicyclic) bond motifs is 1. The van der Waals surface area contributed by atoms with E-state index >= 15 is 0 Å². The minimum Gasteiger partial charge on any atom is -0.493 e. The molecule has 2 heterocycles. The molecule has 4 atom stereocenters. The Morgan fingerprint density at radius 1 is 1.32 bits per heavy atom. The summed E-state index contributed by atoms with van der Waals surface area (Å²) >= 11 is 0. The molecule has 5 heteroatoms. The van der Waals surface area contributed by atoms with Crippen LogP contribution in [0.3, 0.4) is 0 Å². The van der Waals surface area contributed by atoms with Gasteiger partial charge in [0.25, 0.3) is 0 Å². The number of nitrogens with one attached hydrogen (secondary N) is 1. The Bertz CT molecular complexity index is 580. The van der Waals surface area contributed by atoms with Crippen LogP contribution in [0.4, 0.5) is 0 Å². The van der Waals surface area contributed by atoms with Crippen molar-refractivity contribution in [3.8, 4) is 5.75 Å². The van der Waals surface area contributed by atoms with E-state index in [1.165, 1.54) is 5.56 Å². The van der Waals surface area contributed by atoms with Crippen LogP contribution in [0.25, 0.3) is 0 Å². The van der Waals surface area contributed by atoms with Crippen LogP contribution in [0.15, 0.2) is 24.3 Å². The Kier molecular flexibility index (Phi) is 5.68. The second-order valence-corrected chi connectivity index (χ2v) is 8.18. The van der Waals surface area contributed by atoms with Gasteiger partial charge in [0, 0.05) is 31.3 Å². The third kappa shape index (κ3) is 3.70. The molecule has 0 saturated carbocycles. The van der Waals surface area contributed by atoms with Gasteiger partial charge in [-0.25, -0.2) is 0 Å². The molecule has 0 aromatic heterocycles. The summed E-state index contributed by atoms with van der Waals surface area (Å²) in [5.74, 6) is 2.18. The highest BCUT2D eigenvalue weighted by molar-refractivity contribution is 5.33. The highest BCUT2D eigenvalue weighted by Crippen LogP contribution is 2.48. The van der Waals surface area contributed by atoms with Crippen molar-refractivity contribution in [3.63, 3.8) is 0 Å². The van der Waals surface area contributed by atoms with Crippen molar-refractivity contribution >= 4 is 0 Å². The predicted molar refractivity (Wildman–Crippen MR) is 98.6 cm³/mol. The van der Waals surface area contributed by atoms with E-state index in [4.69, 9.17) is 4.74 Å². The Balaban J connectivity index is 1.85. The molecular weight excluding hydrogens is 316 g/mol. The maximum atomic E-state index is 10.1. The zero-order valence-electron chi connectivity index (χ0n) is 15.6. The Morgan fingerprint density at radius 3 is 2.80 bits per heavy atom. The first-order valence-electron chi connectivity index (χ1n) is 9.40. The SMILES string of the molecule is CC(C)COc1cccc([C@H]2N[C@](CO)(CCO)[C@H]3CN(C)C[C@@H]23)c1. The average molecular weight is 348 g/mol. The van der Waals surface area contributed by atoms with Gasteiger partial charge in [-0.15, -0.1) is 0 Å². The topological polar surface area (TPSA) is 65.0 Å². The molecule has 0 bridgehead atoms. The molecule has 25 heavy (non-hydrogen) atoms. The van der Waals surface area contributed by atoms with Gasteiger partial charge < -0.3 is 25.2 Å². The van der Waals surface area contributed by atoms with Gasteiger partial charge in [-0.1, -0.05) is 26.0 Å². The molecule has 2 aliphatic heterocycles. The maximum Gasteiger partial charge on any atom is 0.119 e. The smallest absolute Gasteiger partial charge is 0.119 e. The second-order valence-electron chi connectivity index (χ2n) is 8.18. The van der Waals surface area contributed by atoms with Gasteiger partial charge in [0.05, 0.1) is 13.2 Å². The lowest BCUT2D eigenvalue weighted by Crippen LogP contribution is -2.51. The summed E-state index contributed by atoms with van der Waals surface area (Å²) in [5.41, 5.74) is 0.809. The minimum absolute atomic E-state index is 0.0581. The zero-order valence-corrected chi connectivity index (χ0v) is 15.6. The van der Waals surface area contributed by atoms with Crippen LogP contribution >= 0.6 is 0 Å². The van der Waals surface area contributed by atoms with Crippen molar-refractivity contribution in [2.45, 2.75) is 31.8 Å².